The zero-order valence-electron chi connectivity index (χ0n) is 62.4. The minimum atomic E-state index is -1.08. The summed E-state index contributed by atoms with van der Waals surface area (Å²) >= 11 is 0. The van der Waals surface area contributed by atoms with Gasteiger partial charge in [0.05, 0.1) is 65.8 Å². The molecule has 0 unspecified atom stereocenters. The van der Waals surface area contributed by atoms with Crippen LogP contribution in [0, 0.1) is 0 Å². The summed E-state index contributed by atoms with van der Waals surface area (Å²) in [7, 11) is 7.96. The second kappa shape index (κ2) is 33.2. The number of nitrogens with zero attached hydrogens (tertiary/aromatic N) is 14. The molecule has 110 heavy (non-hydrogen) atoms. The Kier molecular flexibility index (Phi) is 24.2. The number of aromatic nitrogens is 10. The molecule has 1 aliphatic rings. The minimum Gasteiger partial charge on any atom is -0.537 e. The normalized spacial score (nSPS) is 11.6. The van der Waals surface area contributed by atoms with E-state index in [9.17, 15) is 48.3 Å². The largest absolute Gasteiger partial charge is 0.569 e. The van der Waals surface area contributed by atoms with E-state index >= 15 is 0 Å². The van der Waals surface area contributed by atoms with Gasteiger partial charge in [-0.3, -0.25) is 33.5 Å². The third-order valence-electron chi connectivity index (χ3n) is 15.9. The Labute approximate surface area is 629 Å². The molecule has 0 aliphatic carbocycles. The molecular weight excluding hydrogens is 1420 g/mol. The van der Waals surface area contributed by atoms with Gasteiger partial charge in [-0.05, 0) is 190 Å². The van der Waals surface area contributed by atoms with Crippen LogP contribution in [0.25, 0.3) is 45.1 Å². The topological polar surface area (TPSA) is 438 Å². The molecule has 11 aromatic rings. The van der Waals surface area contributed by atoms with Crippen LogP contribution in [0.4, 0.5) is 60.4 Å². The van der Waals surface area contributed by atoms with Gasteiger partial charge in [0.1, 0.15) is 64.2 Å². The van der Waals surface area contributed by atoms with Crippen molar-refractivity contribution >= 4 is 118 Å². The van der Waals surface area contributed by atoms with Gasteiger partial charge >= 0.3 is 55.3 Å². The van der Waals surface area contributed by atoms with Crippen molar-refractivity contribution in [1.29, 1.82) is 0 Å². The number of benzene rings is 6. The average molecular weight is 1500 g/mol. The number of esters is 2. The van der Waals surface area contributed by atoms with E-state index in [0.717, 1.165) is 0 Å². The van der Waals surface area contributed by atoms with Gasteiger partial charge in [-0.2, -0.15) is 0 Å². The van der Waals surface area contributed by atoms with Crippen molar-refractivity contribution in [2.24, 2.45) is 0 Å². The second-order valence-electron chi connectivity index (χ2n) is 27.0. The number of nitrogen functional groups attached to an aromatic ring is 3. The van der Waals surface area contributed by atoms with E-state index in [1.165, 1.54) is 95.3 Å². The molecule has 0 saturated heterocycles. The number of carbonyl (C=O) groups is 7. The molecule has 6 aromatic carbocycles. The van der Waals surface area contributed by atoms with Crippen molar-refractivity contribution in [2.75, 3.05) is 72.2 Å². The van der Waals surface area contributed by atoms with E-state index in [2.05, 4.69) is 39.3 Å². The Balaban J connectivity index is 0.000000177. The Hall–Kier alpha value is -14.0. The highest BCUT2D eigenvalue weighted by molar-refractivity contribution is 6.17. The zero-order chi connectivity index (χ0) is 80.4. The average Bonchev–Trinajstić information content (AvgIpc) is 1.48. The minimum absolute atomic E-state index is 0.0765. The van der Waals surface area contributed by atoms with Crippen molar-refractivity contribution in [3.63, 3.8) is 0 Å². The Morgan fingerprint density at radius 3 is 1.18 bits per heavy atom. The van der Waals surface area contributed by atoms with Crippen molar-refractivity contribution in [3.05, 3.63) is 208 Å². The predicted octanol–water partition coefficient (Wildman–Crippen LogP) is 9.56. The van der Waals surface area contributed by atoms with Crippen LogP contribution in [-0.2, 0) is 34.9 Å². The van der Waals surface area contributed by atoms with Crippen LogP contribution in [0.2, 0.25) is 0 Å². The molecule has 34 nitrogen and oxygen atoms in total. The lowest BCUT2D eigenvalue weighted by Gasteiger charge is -2.25. The Bertz CT molecular complexity index is 5420. The summed E-state index contributed by atoms with van der Waals surface area (Å²) in [6.07, 6.45) is 2.44. The number of methoxy groups -OCH3 is 2. The highest BCUT2D eigenvalue weighted by Crippen LogP contribution is 2.37. The van der Waals surface area contributed by atoms with Crippen LogP contribution in [0.3, 0.4) is 0 Å². The monoisotopic (exact) mass is 1500 g/mol. The van der Waals surface area contributed by atoms with E-state index in [0.29, 0.717) is 92.8 Å². The zero-order valence-corrected chi connectivity index (χ0v) is 62.4. The number of hydrogen-bond acceptors (Lipinski definition) is 25. The fourth-order valence-electron chi connectivity index (χ4n) is 10.7. The van der Waals surface area contributed by atoms with Crippen molar-refractivity contribution in [3.8, 4) is 28.5 Å². The summed E-state index contributed by atoms with van der Waals surface area (Å²) in [5, 5.41) is 17.5. The molecule has 0 spiro atoms. The van der Waals surface area contributed by atoms with Crippen LogP contribution in [0.1, 0.15) is 99.0 Å². The number of rotatable bonds is 13. The molecule has 0 atom stereocenters. The highest BCUT2D eigenvalue weighted by Gasteiger charge is 2.34. The van der Waals surface area contributed by atoms with Crippen LogP contribution in [-0.4, -0.2) is 160 Å². The number of ether oxygens (including phenoxy) is 5. The summed E-state index contributed by atoms with van der Waals surface area (Å²) in [6, 6.07) is 39.0. The number of fused-ring (bicyclic) bond motifs is 3. The molecule has 0 saturated carbocycles. The van der Waals surface area contributed by atoms with Crippen LogP contribution in [0.5, 0.6) is 5.75 Å². The number of hydrogen-bond donors (Lipinski definition) is 5. The van der Waals surface area contributed by atoms with Crippen molar-refractivity contribution < 1.29 is 72.0 Å². The maximum atomic E-state index is 13.7. The number of amides is 4. The molecule has 6 heterocycles. The van der Waals surface area contributed by atoms with Crippen molar-refractivity contribution in [2.45, 2.75) is 85.5 Å². The smallest absolute Gasteiger partial charge is 0.537 e. The van der Waals surface area contributed by atoms with E-state index < -0.39 is 64.4 Å². The summed E-state index contributed by atoms with van der Waals surface area (Å²) in [5.41, 5.74) is 21.8. The highest BCUT2D eigenvalue weighted by atomic mass is 16.6. The summed E-state index contributed by atoms with van der Waals surface area (Å²) in [4.78, 5) is 142. The number of nitrogens with two attached hydrogens (primary N) is 3. The van der Waals surface area contributed by atoms with E-state index in [4.69, 9.17) is 41.2 Å². The molecule has 8 N–H and O–H groups in total. The number of imidazole rings is 2. The van der Waals surface area contributed by atoms with Crippen LogP contribution in [0.15, 0.2) is 174 Å². The van der Waals surface area contributed by atoms with Gasteiger partial charge in [0.15, 0.2) is 22.9 Å². The molecular formula is C75H79BN17O17. The number of carboxylic acids is 1. The SMILES string of the molecule is CN(C(=O)OC(C)(C)C)c1cccc(-n2c(=O)n(-c3ccc(C(=O)O)cc3)c3c(N)ncnc32)c1.CN(C(=O)OC(C)(C)C)c1cccc(N2C(=O)Cc3c(N)ncnc32)c1.COC(=O)c1ccc(-n2c(=O)n(-c3cccc(N(C)C(=O)OC(C)(C)C)c3)c3ncnc(N)c32)cc1.COC(=O)c1ccc(O[B]O)cc1. The summed E-state index contributed by atoms with van der Waals surface area (Å²) in [5.74, 6) is -0.721. The maximum absolute atomic E-state index is 13.7. The first-order valence-electron chi connectivity index (χ1n) is 33.4. The third-order valence-corrected chi connectivity index (χ3v) is 15.9. The number of anilines is 8. The quantitative estimate of drug-likeness (QED) is 0.0407. The number of carboxylic acid groups (broad SMARTS) is 1. The molecule has 12 rings (SSSR count). The standard InChI is InChI=1S/C25H26N6O5.C24H24N6O5.C18H21N5O3.C8H8BO4/c1-25(2,3)36-24(34)29(4)17-7-6-8-18(13-17)31-21-19(20(26)27-14-28-21)30(23(31)33)16-11-9-15(10-12-16)22(32)35-5;1-24(2,3)35-23(34)28(4)16-6-5-7-17(12-16)30-20-18(19(25)26-13-27-20)29(22(30)33)15-10-8-14(9-11-15)21(31)32;1-18(2,3)26-17(25)22(4)11-6-5-7-12(8-11)23-14(24)9-13-15(19)20-10-21-16(13)23;1-12-8(10)6-2-4-7(5-3-6)13-9-11/h6-14H,1-5H3,(H2,26,27,28);5-13H,1-4H3,(H,31,32)(H2,25,26,27);5-8,10H,9H2,1-4H3,(H2,19,20,21);2-5,11H,1H3. The first kappa shape index (κ1) is 80.1. The predicted molar refractivity (Wildman–Crippen MR) is 410 cm³/mol. The molecule has 569 valence electrons. The summed E-state index contributed by atoms with van der Waals surface area (Å²) in [6.45, 7) is 16.1. The molecule has 1 radical (unpaired) electrons. The molecule has 0 fully saturated rings. The molecule has 5 aromatic heterocycles. The van der Waals surface area contributed by atoms with Gasteiger partial charge in [0, 0.05) is 43.8 Å². The second-order valence-corrected chi connectivity index (χ2v) is 27.0. The molecule has 1 aliphatic heterocycles. The Morgan fingerprint density at radius 1 is 0.455 bits per heavy atom. The lowest BCUT2D eigenvalue weighted by atomic mass is 10.2. The first-order valence-corrected chi connectivity index (χ1v) is 33.4. The fourth-order valence-corrected chi connectivity index (χ4v) is 10.7. The molecule has 4 amide bonds. The van der Waals surface area contributed by atoms with Crippen molar-refractivity contribution in [1.82, 2.24) is 48.2 Å². The van der Waals surface area contributed by atoms with Crippen LogP contribution >= 0.6 is 0 Å². The molecule has 0 bridgehead atoms. The number of aromatic carboxylic acids is 1. The number of carbonyl (C=O) groups excluding carboxylic acids is 6. The van der Waals surface area contributed by atoms with E-state index in [1.807, 2.05) is 0 Å². The van der Waals surface area contributed by atoms with Gasteiger partial charge < -0.3 is 55.7 Å². The fraction of sp³-hybridized carbons (Fsp3) is 0.240. The van der Waals surface area contributed by atoms with E-state index in [1.54, 1.807) is 205 Å². The van der Waals surface area contributed by atoms with Crippen LogP contribution < -0.4 is 52.8 Å². The lowest BCUT2D eigenvalue weighted by Crippen LogP contribution is -2.34. The van der Waals surface area contributed by atoms with Gasteiger partial charge in [-0.1, -0.05) is 18.2 Å². The van der Waals surface area contributed by atoms with Gasteiger partial charge in [0.2, 0.25) is 5.91 Å². The maximum Gasteiger partial charge on any atom is 0.569 e. The van der Waals surface area contributed by atoms with E-state index in [-0.39, 0.29) is 46.3 Å². The first-order chi connectivity index (χ1) is 51.9. The summed E-state index contributed by atoms with van der Waals surface area (Å²) < 4.78 is 35.6. The van der Waals surface area contributed by atoms with Gasteiger partial charge in [-0.25, -0.2) is 77.4 Å². The molecule has 35 heteroatoms. The van der Waals surface area contributed by atoms with Gasteiger partial charge in [0.25, 0.3) is 0 Å². The lowest BCUT2D eigenvalue weighted by molar-refractivity contribution is -0.116. The Morgan fingerprint density at radius 2 is 0.809 bits per heavy atom. The van der Waals surface area contributed by atoms with Gasteiger partial charge in [-0.15, -0.1) is 0 Å². The third kappa shape index (κ3) is 18.4.